The van der Waals surface area contributed by atoms with E-state index in [1.54, 1.807) is 12.1 Å². The van der Waals surface area contributed by atoms with Crippen LogP contribution in [0, 0.1) is 0 Å². The molecule has 0 amide bonds. The molecule has 15 heavy (non-hydrogen) atoms. The van der Waals surface area contributed by atoms with Crippen LogP contribution in [-0.4, -0.2) is 17.7 Å². The number of hydrogen-bond donors (Lipinski definition) is 1. The van der Waals surface area contributed by atoms with Crippen LogP contribution in [0.15, 0.2) is 18.2 Å². The van der Waals surface area contributed by atoms with Crippen LogP contribution in [0.3, 0.4) is 0 Å². The minimum absolute atomic E-state index is 0.322. The molecular weight excluding hydrogens is 192 g/mol. The lowest BCUT2D eigenvalue weighted by Crippen LogP contribution is -2.00. The van der Waals surface area contributed by atoms with Gasteiger partial charge in [-0.05, 0) is 49.4 Å². The van der Waals surface area contributed by atoms with Crippen LogP contribution < -0.4 is 4.74 Å². The fourth-order valence-corrected chi connectivity index (χ4v) is 1.65. The van der Waals surface area contributed by atoms with E-state index in [0.717, 1.165) is 18.4 Å². The SMILES string of the molecule is CCOc1cc(C(=O)O)cc(C2CC2)c1. The predicted molar refractivity (Wildman–Crippen MR) is 56.5 cm³/mol. The number of aromatic carboxylic acids is 1. The van der Waals surface area contributed by atoms with E-state index in [1.807, 2.05) is 13.0 Å². The van der Waals surface area contributed by atoms with Gasteiger partial charge in [-0.2, -0.15) is 0 Å². The van der Waals surface area contributed by atoms with E-state index in [2.05, 4.69) is 0 Å². The molecule has 1 saturated carbocycles. The molecule has 0 heterocycles. The van der Waals surface area contributed by atoms with Crippen molar-refractivity contribution in [3.8, 4) is 5.75 Å². The van der Waals surface area contributed by atoms with E-state index in [1.165, 1.54) is 0 Å². The van der Waals surface area contributed by atoms with Gasteiger partial charge in [0, 0.05) is 0 Å². The number of hydrogen-bond acceptors (Lipinski definition) is 2. The van der Waals surface area contributed by atoms with Crippen LogP contribution in [0.5, 0.6) is 5.75 Å². The average Bonchev–Trinajstić information content (AvgIpc) is 3.01. The zero-order valence-electron chi connectivity index (χ0n) is 8.69. The van der Waals surface area contributed by atoms with Gasteiger partial charge in [0.1, 0.15) is 5.75 Å². The van der Waals surface area contributed by atoms with Crippen molar-refractivity contribution in [2.45, 2.75) is 25.7 Å². The lowest BCUT2D eigenvalue weighted by atomic mass is 10.1. The normalized spacial score (nSPS) is 15.0. The molecule has 3 nitrogen and oxygen atoms in total. The quantitative estimate of drug-likeness (QED) is 0.823. The first kappa shape index (κ1) is 10.0. The van der Waals surface area contributed by atoms with Crippen LogP contribution in [0.25, 0.3) is 0 Å². The Balaban J connectivity index is 2.34. The number of rotatable bonds is 4. The predicted octanol–water partition coefficient (Wildman–Crippen LogP) is 2.66. The van der Waals surface area contributed by atoms with Gasteiger partial charge in [0.05, 0.1) is 12.2 Å². The third-order valence-electron chi connectivity index (χ3n) is 2.54. The van der Waals surface area contributed by atoms with Crippen molar-refractivity contribution >= 4 is 5.97 Å². The van der Waals surface area contributed by atoms with Gasteiger partial charge >= 0.3 is 5.97 Å². The third kappa shape index (κ3) is 2.29. The Bertz CT molecular complexity index is 380. The Labute approximate surface area is 88.7 Å². The van der Waals surface area contributed by atoms with Crippen molar-refractivity contribution in [3.05, 3.63) is 29.3 Å². The van der Waals surface area contributed by atoms with Crippen LogP contribution in [0.1, 0.15) is 41.6 Å². The molecule has 1 aliphatic carbocycles. The maximum atomic E-state index is 10.9. The van der Waals surface area contributed by atoms with E-state index >= 15 is 0 Å². The zero-order valence-corrected chi connectivity index (χ0v) is 8.69. The first-order chi connectivity index (χ1) is 7.20. The summed E-state index contributed by atoms with van der Waals surface area (Å²) in [6.45, 7) is 2.46. The highest BCUT2D eigenvalue weighted by Crippen LogP contribution is 2.41. The molecule has 0 radical (unpaired) electrons. The second-order valence-electron chi connectivity index (χ2n) is 3.80. The van der Waals surface area contributed by atoms with Gasteiger partial charge in [-0.15, -0.1) is 0 Å². The Morgan fingerprint density at radius 3 is 2.73 bits per heavy atom. The highest BCUT2D eigenvalue weighted by atomic mass is 16.5. The first-order valence-corrected chi connectivity index (χ1v) is 5.21. The zero-order chi connectivity index (χ0) is 10.8. The maximum Gasteiger partial charge on any atom is 0.335 e. The lowest BCUT2D eigenvalue weighted by molar-refractivity contribution is 0.0696. The summed E-state index contributed by atoms with van der Waals surface area (Å²) in [7, 11) is 0. The van der Waals surface area contributed by atoms with Crippen LogP contribution in [0.2, 0.25) is 0 Å². The van der Waals surface area contributed by atoms with Gasteiger partial charge in [-0.25, -0.2) is 4.79 Å². The lowest BCUT2D eigenvalue weighted by Gasteiger charge is -2.07. The van der Waals surface area contributed by atoms with Crippen molar-refractivity contribution in [1.82, 2.24) is 0 Å². The molecule has 3 heteroatoms. The fraction of sp³-hybridized carbons (Fsp3) is 0.417. The van der Waals surface area contributed by atoms with Crippen molar-refractivity contribution in [2.75, 3.05) is 6.61 Å². The molecule has 0 atom stereocenters. The number of ether oxygens (including phenoxy) is 1. The average molecular weight is 206 g/mol. The number of carbonyl (C=O) groups is 1. The van der Waals surface area contributed by atoms with E-state index in [-0.39, 0.29) is 0 Å². The molecule has 0 unspecified atom stereocenters. The van der Waals surface area contributed by atoms with E-state index < -0.39 is 5.97 Å². The van der Waals surface area contributed by atoms with Crippen molar-refractivity contribution < 1.29 is 14.6 Å². The summed E-state index contributed by atoms with van der Waals surface area (Å²) in [6, 6.07) is 5.29. The van der Waals surface area contributed by atoms with Gasteiger partial charge in [0.2, 0.25) is 0 Å². The van der Waals surface area contributed by atoms with E-state index in [4.69, 9.17) is 9.84 Å². The summed E-state index contributed by atoms with van der Waals surface area (Å²) < 4.78 is 5.35. The Kier molecular flexibility index (Phi) is 2.62. The highest BCUT2D eigenvalue weighted by Gasteiger charge is 2.25. The molecule has 1 fully saturated rings. The van der Waals surface area contributed by atoms with E-state index in [0.29, 0.717) is 23.8 Å². The Hall–Kier alpha value is -1.51. The molecule has 0 saturated heterocycles. The first-order valence-electron chi connectivity index (χ1n) is 5.21. The van der Waals surface area contributed by atoms with Crippen molar-refractivity contribution in [2.24, 2.45) is 0 Å². The Morgan fingerprint density at radius 2 is 2.20 bits per heavy atom. The number of carboxylic acid groups (broad SMARTS) is 1. The minimum atomic E-state index is -0.890. The van der Waals surface area contributed by atoms with Crippen LogP contribution >= 0.6 is 0 Å². The molecule has 1 aromatic rings. The molecule has 1 aliphatic rings. The molecule has 0 spiro atoms. The molecule has 0 aliphatic heterocycles. The second kappa shape index (κ2) is 3.93. The molecule has 1 aromatic carbocycles. The summed E-state index contributed by atoms with van der Waals surface area (Å²) in [4.78, 5) is 10.9. The molecule has 1 N–H and O–H groups in total. The number of benzene rings is 1. The standard InChI is InChI=1S/C12H14O3/c1-2-15-11-6-9(8-3-4-8)5-10(7-11)12(13)14/h5-8H,2-4H2,1H3,(H,13,14). The summed E-state index contributed by atoms with van der Waals surface area (Å²) >= 11 is 0. The second-order valence-corrected chi connectivity index (χ2v) is 3.80. The molecule has 0 aromatic heterocycles. The summed E-state index contributed by atoms with van der Waals surface area (Å²) in [6.07, 6.45) is 2.32. The van der Waals surface area contributed by atoms with Crippen LogP contribution in [-0.2, 0) is 0 Å². The highest BCUT2D eigenvalue weighted by molar-refractivity contribution is 5.88. The molecule has 2 rings (SSSR count). The maximum absolute atomic E-state index is 10.9. The smallest absolute Gasteiger partial charge is 0.335 e. The molecule has 80 valence electrons. The minimum Gasteiger partial charge on any atom is -0.494 e. The summed E-state index contributed by atoms with van der Waals surface area (Å²) in [5.41, 5.74) is 1.42. The molecular formula is C12H14O3. The fourth-order valence-electron chi connectivity index (χ4n) is 1.65. The van der Waals surface area contributed by atoms with Gasteiger partial charge in [-0.3, -0.25) is 0 Å². The van der Waals surface area contributed by atoms with Gasteiger partial charge in [0.15, 0.2) is 0 Å². The summed E-state index contributed by atoms with van der Waals surface area (Å²) in [5, 5.41) is 8.95. The van der Waals surface area contributed by atoms with Crippen LogP contribution in [0.4, 0.5) is 0 Å². The topological polar surface area (TPSA) is 46.5 Å². The number of carboxylic acids is 1. The van der Waals surface area contributed by atoms with Gasteiger partial charge < -0.3 is 9.84 Å². The Morgan fingerprint density at radius 1 is 1.47 bits per heavy atom. The summed E-state index contributed by atoms with van der Waals surface area (Å²) in [5.74, 6) is 0.321. The van der Waals surface area contributed by atoms with Crippen molar-refractivity contribution in [3.63, 3.8) is 0 Å². The molecule has 0 bridgehead atoms. The monoisotopic (exact) mass is 206 g/mol. The third-order valence-corrected chi connectivity index (χ3v) is 2.54. The van der Waals surface area contributed by atoms with Crippen molar-refractivity contribution in [1.29, 1.82) is 0 Å². The van der Waals surface area contributed by atoms with Gasteiger partial charge in [0.25, 0.3) is 0 Å². The van der Waals surface area contributed by atoms with Gasteiger partial charge in [-0.1, -0.05) is 0 Å². The largest absolute Gasteiger partial charge is 0.494 e. The van der Waals surface area contributed by atoms with E-state index in [9.17, 15) is 4.79 Å².